The predicted molar refractivity (Wildman–Crippen MR) is 125 cm³/mol. The van der Waals surface area contributed by atoms with E-state index in [2.05, 4.69) is 15.9 Å². The minimum Gasteiger partial charge on any atom is -0.507 e. The van der Waals surface area contributed by atoms with E-state index in [0.717, 1.165) is 11.1 Å². The van der Waals surface area contributed by atoms with Gasteiger partial charge in [-0.3, -0.25) is 14.5 Å². The summed E-state index contributed by atoms with van der Waals surface area (Å²) < 4.78 is 11.7. The molecule has 0 aliphatic carbocycles. The number of anilines is 1. The second-order valence-electron chi connectivity index (χ2n) is 7.74. The minimum absolute atomic E-state index is 0.0281. The Morgan fingerprint density at radius 2 is 1.78 bits per heavy atom. The van der Waals surface area contributed by atoms with Gasteiger partial charge in [-0.05, 0) is 90.3 Å². The fraction of sp³-hybridized carbons (Fsp3) is 0.200. The van der Waals surface area contributed by atoms with Gasteiger partial charge >= 0.3 is 0 Å². The summed E-state index contributed by atoms with van der Waals surface area (Å²) in [6.07, 6.45) is 0. The molecule has 164 valence electrons. The number of amides is 1. The van der Waals surface area contributed by atoms with E-state index in [1.54, 1.807) is 43.3 Å². The number of halogens is 1. The highest BCUT2D eigenvalue weighted by molar-refractivity contribution is 9.10. The Labute approximate surface area is 194 Å². The number of ketones is 1. The highest BCUT2D eigenvalue weighted by Crippen LogP contribution is 2.43. The number of carbonyl (C=O) groups excluding carboxylic acids is 2. The predicted octanol–water partition coefficient (Wildman–Crippen LogP) is 5.60. The Morgan fingerprint density at radius 3 is 2.38 bits per heavy atom. The summed E-state index contributed by atoms with van der Waals surface area (Å²) in [5.74, 6) is -0.160. The van der Waals surface area contributed by atoms with Gasteiger partial charge in [-0.2, -0.15) is 0 Å². The third kappa shape index (κ3) is 3.62. The number of rotatable bonds is 4. The van der Waals surface area contributed by atoms with Gasteiger partial charge in [-0.25, -0.2) is 0 Å². The van der Waals surface area contributed by atoms with Gasteiger partial charge in [0.05, 0.1) is 17.2 Å². The molecule has 1 unspecified atom stereocenters. The molecule has 7 heteroatoms. The van der Waals surface area contributed by atoms with Crippen molar-refractivity contribution in [2.75, 3.05) is 12.0 Å². The van der Waals surface area contributed by atoms with E-state index in [4.69, 9.17) is 9.15 Å². The van der Waals surface area contributed by atoms with Gasteiger partial charge in [-0.1, -0.05) is 6.07 Å². The molecule has 1 aliphatic heterocycles. The molecule has 1 fully saturated rings. The lowest BCUT2D eigenvalue weighted by Crippen LogP contribution is -2.29. The maximum absolute atomic E-state index is 13.2. The van der Waals surface area contributed by atoms with Gasteiger partial charge < -0.3 is 14.3 Å². The third-order valence-corrected chi connectivity index (χ3v) is 6.29. The quantitative estimate of drug-likeness (QED) is 0.289. The normalized spacial score (nSPS) is 17.8. The van der Waals surface area contributed by atoms with Crippen LogP contribution in [0.2, 0.25) is 0 Å². The fourth-order valence-electron chi connectivity index (χ4n) is 3.81. The summed E-state index contributed by atoms with van der Waals surface area (Å²) >= 11 is 3.40. The first-order valence-electron chi connectivity index (χ1n) is 10.0. The van der Waals surface area contributed by atoms with E-state index in [1.807, 2.05) is 26.0 Å². The fourth-order valence-corrected chi connectivity index (χ4v) is 4.35. The van der Waals surface area contributed by atoms with E-state index >= 15 is 0 Å². The Balaban J connectivity index is 1.93. The van der Waals surface area contributed by atoms with Crippen molar-refractivity contribution >= 4 is 39.1 Å². The van der Waals surface area contributed by atoms with E-state index < -0.39 is 17.7 Å². The highest BCUT2D eigenvalue weighted by Gasteiger charge is 2.48. The van der Waals surface area contributed by atoms with Crippen LogP contribution in [0.15, 0.2) is 63.0 Å². The number of methoxy groups -OCH3 is 1. The van der Waals surface area contributed by atoms with Crippen LogP contribution >= 0.6 is 15.9 Å². The molecule has 0 bridgehead atoms. The Hall–Kier alpha value is -3.32. The van der Waals surface area contributed by atoms with E-state index in [0.29, 0.717) is 33.0 Å². The van der Waals surface area contributed by atoms with Crippen LogP contribution in [0.25, 0.3) is 5.76 Å². The van der Waals surface area contributed by atoms with E-state index in [1.165, 1.54) is 12.0 Å². The second-order valence-corrected chi connectivity index (χ2v) is 8.59. The van der Waals surface area contributed by atoms with Crippen LogP contribution in [0.1, 0.15) is 34.3 Å². The van der Waals surface area contributed by atoms with Crippen LogP contribution in [-0.4, -0.2) is 23.9 Å². The Morgan fingerprint density at radius 1 is 1.03 bits per heavy atom. The zero-order chi connectivity index (χ0) is 23.2. The number of aliphatic hydroxyl groups is 1. The second kappa shape index (κ2) is 8.31. The van der Waals surface area contributed by atoms with Gasteiger partial charge in [0.2, 0.25) is 0 Å². The number of aryl methyl sites for hydroxylation is 3. The van der Waals surface area contributed by atoms with Crippen LogP contribution < -0.4 is 9.64 Å². The molecule has 0 spiro atoms. The SMILES string of the molecule is COc1ccc(/C(O)=C2/C(=O)C(=O)N(c3ccc(C)c(C)c3)C2c2ccc(C)o2)cc1Br. The molecule has 1 aliphatic rings. The number of nitrogens with zero attached hydrogens (tertiary/aromatic N) is 1. The number of carbonyl (C=O) groups is 2. The molecule has 4 rings (SSSR count). The highest BCUT2D eigenvalue weighted by atomic mass is 79.9. The number of Topliss-reactive ketones (excluding diaryl/α,β-unsaturated/α-hetero) is 1. The number of ether oxygens (including phenoxy) is 1. The summed E-state index contributed by atoms with van der Waals surface area (Å²) in [6, 6.07) is 13.1. The molecule has 32 heavy (non-hydrogen) atoms. The lowest BCUT2D eigenvalue weighted by molar-refractivity contribution is -0.132. The molecule has 0 saturated carbocycles. The molecule has 6 nitrogen and oxygen atoms in total. The van der Waals surface area contributed by atoms with Crippen molar-refractivity contribution < 1.29 is 23.8 Å². The van der Waals surface area contributed by atoms with Crippen molar-refractivity contribution in [1.29, 1.82) is 0 Å². The standard InChI is InChI=1S/C25H22BrNO5/c1-13-5-8-17(11-14(13)2)27-22(20-9-6-15(3)32-20)21(24(29)25(27)30)23(28)16-7-10-19(31-4)18(26)12-16/h5-12,22,28H,1-4H3/b23-21-. The first-order valence-corrected chi connectivity index (χ1v) is 10.8. The molecule has 1 atom stereocenters. The number of hydrogen-bond donors (Lipinski definition) is 1. The maximum atomic E-state index is 13.2. The van der Waals surface area contributed by atoms with Gasteiger partial charge in [0.25, 0.3) is 11.7 Å². The molecule has 1 amide bonds. The number of benzene rings is 2. The molecule has 1 saturated heterocycles. The van der Waals surface area contributed by atoms with Crippen molar-refractivity contribution in [3.8, 4) is 5.75 Å². The summed E-state index contributed by atoms with van der Waals surface area (Å²) in [5.41, 5.74) is 2.96. The lowest BCUT2D eigenvalue weighted by Gasteiger charge is -2.24. The average Bonchev–Trinajstić information content (AvgIpc) is 3.30. The Kier molecular flexibility index (Phi) is 5.69. The number of furan rings is 1. The van der Waals surface area contributed by atoms with E-state index in [9.17, 15) is 14.7 Å². The van der Waals surface area contributed by atoms with E-state index in [-0.39, 0.29) is 11.3 Å². The Bertz CT molecular complexity index is 1270. The third-order valence-electron chi connectivity index (χ3n) is 5.67. The van der Waals surface area contributed by atoms with Gasteiger partial charge in [0, 0.05) is 11.3 Å². The first-order chi connectivity index (χ1) is 15.2. The van der Waals surface area contributed by atoms with Crippen LogP contribution in [0.4, 0.5) is 5.69 Å². The molecule has 1 aromatic heterocycles. The zero-order valence-corrected chi connectivity index (χ0v) is 19.7. The molecule has 3 aromatic rings. The summed E-state index contributed by atoms with van der Waals surface area (Å²) in [6.45, 7) is 5.70. The van der Waals surface area contributed by atoms with Crippen molar-refractivity contribution in [3.05, 3.63) is 86.8 Å². The van der Waals surface area contributed by atoms with Crippen molar-refractivity contribution in [1.82, 2.24) is 0 Å². The van der Waals surface area contributed by atoms with Gasteiger partial charge in [0.1, 0.15) is 29.1 Å². The topological polar surface area (TPSA) is 80.0 Å². The zero-order valence-electron chi connectivity index (χ0n) is 18.1. The van der Waals surface area contributed by atoms with Crippen LogP contribution in [0, 0.1) is 20.8 Å². The van der Waals surface area contributed by atoms with Gasteiger partial charge in [0.15, 0.2) is 0 Å². The van der Waals surface area contributed by atoms with Crippen molar-refractivity contribution in [2.24, 2.45) is 0 Å². The number of hydrogen-bond acceptors (Lipinski definition) is 5. The van der Waals surface area contributed by atoms with Crippen LogP contribution in [0.5, 0.6) is 5.75 Å². The molecular formula is C25H22BrNO5. The van der Waals surface area contributed by atoms with Crippen molar-refractivity contribution in [2.45, 2.75) is 26.8 Å². The lowest BCUT2D eigenvalue weighted by atomic mass is 9.99. The molecular weight excluding hydrogens is 474 g/mol. The largest absolute Gasteiger partial charge is 0.507 e. The minimum atomic E-state index is -0.897. The van der Waals surface area contributed by atoms with Crippen LogP contribution in [-0.2, 0) is 9.59 Å². The maximum Gasteiger partial charge on any atom is 0.300 e. The first kappa shape index (κ1) is 21.9. The van der Waals surface area contributed by atoms with Crippen molar-refractivity contribution in [3.63, 3.8) is 0 Å². The van der Waals surface area contributed by atoms with Gasteiger partial charge in [-0.15, -0.1) is 0 Å². The monoisotopic (exact) mass is 495 g/mol. The van der Waals surface area contributed by atoms with Crippen LogP contribution in [0.3, 0.4) is 0 Å². The summed E-state index contributed by atoms with van der Waals surface area (Å²) in [7, 11) is 1.54. The molecule has 2 aromatic carbocycles. The molecule has 2 heterocycles. The smallest absolute Gasteiger partial charge is 0.300 e. The average molecular weight is 496 g/mol. The summed E-state index contributed by atoms with van der Waals surface area (Å²) in [4.78, 5) is 27.7. The summed E-state index contributed by atoms with van der Waals surface area (Å²) in [5, 5.41) is 11.2. The number of aliphatic hydroxyl groups excluding tert-OH is 1. The molecule has 1 N–H and O–H groups in total. The molecule has 0 radical (unpaired) electrons.